The Kier molecular flexibility index (Phi) is 5.49. The molecule has 0 spiro atoms. The van der Waals surface area contributed by atoms with Crippen LogP contribution in [0.4, 0.5) is 0 Å². The third-order valence-corrected chi connectivity index (χ3v) is 5.97. The summed E-state index contributed by atoms with van der Waals surface area (Å²) in [6.45, 7) is 6.15. The molecule has 0 bridgehead atoms. The fourth-order valence-electron chi connectivity index (χ4n) is 4.56. The van der Waals surface area contributed by atoms with E-state index in [1.54, 1.807) is 11.1 Å². The summed E-state index contributed by atoms with van der Waals surface area (Å²) in [4.78, 5) is 5.40. The van der Waals surface area contributed by atoms with Gasteiger partial charge in [0.25, 0.3) is 0 Å². The lowest BCUT2D eigenvalue weighted by Gasteiger charge is -2.41. The molecule has 1 atom stereocenters. The molecule has 2 aliphatic rings. The molecule has 1 aliphatic heterocycles. The van der Waals surface area contributed by atoms with Gasteiger partial charge >= 0.3 is 0 Å². The quantitative estimate of drug-likeness (QED) is 0.804. The molecular weight excluding hydrogens is 304 g/mol. The molecule has 132 valence electrons. The molecule has 0 saturated carbocycles. The molecule has 25 heavy (non-hydrogen) atoms. The second-order valence-corrected chi connectivity index (χ2v) is 7.57. The Hall–Kier alpha value is -1.64. The molecule has 2 aromatic carbocycles. The minimum atomic E-state index is 0.663. The van der Waals surface area contributed by atoms with Crippen molar-refractivity contribution in [3.63, 3.8) is 0 Å². The van der Waals surface area contributed by atoms with Crippen LogP contribution in [0.5, 0.6) is 0 Å². The highest BCUT2D eigenvalue weighted by Crippen LogP contribution is 2.34. The molecular formula is C23H30N2. The van der Waals surface area contributed by atoms with E-state index in [1.165, 1.54) is 70.4 Å². The summed E-state index contributed by atoms with van der Waals surface area (Å²) in [5.41, 5.74) is 4.66. The molecule has 2 aromatic rings. The van der Waals surface area contributed by atoms with Crippen LogP contribution in [0.1, 0.15) is 42.0 Å². The van der Waals surface area contributed by atoms with Crippen molar-refractivity contribution in [3.05, 3.63) is 71.3 Å². The van der Waals surface area contributed by atoms with Gasteiger partial charge in [-0.15, -0.1) is 0 Å². The van der Waals surface area contributed by atoms with Crippen molar-refractivity contribution < 1.29 is 0 Å². The molecule has 0 amide bonds. The van der Waals surface area contributed by atoms with Gasteiger partial charge < -0.3 is 4.90 Å². The Labute approximate surface area is 152 Å². The maximum atomic E-state index is 2.74. The smallest absolute Gasteiger partial charge is 0.0352 e. The van der Waals surface area contributed by atoms with E-state index in [4.69, 9.17) is 0 Å². The van der Waals surface area contributed by atoms with Crippen LogP contribution in [0.2, 0.25) is 0 Å². The first-order chi connectivity index (χ1) is 12.4. The zero-order chi connectivity index (χ0) is 16.9. The Morgan fingerprint density at radius 3 is 2.44 bits per heavy atom. The highest BCUT2D eigenvalue weighted by Gasteiger charge is 2.28. The highest BCUT2D eigenvalue weighted by atomic mass is 15.3. The van der Waals surface area contributed by atoms with Gasteiger partial charge in [0.1, 0.15) is 0 Å². The second kappa shape index (κ2) is 8.16. The summed E-state index contributed by atoms with van der Waals surface area (Å²) in [7, 11) is 0. The van der Waals surface area contributed by atoms with E-state index in [9.17, 15) is 0 Å². The minimum absolute atomic E-state index is 0.663. The topological polar surface area (TPSA) is 6.48 Å². The molecule has 1 saturated heterocycles. The van der Waals surface area contributed by atoms with Gasteiger partial charge in [0, 0.05) is 32.2 Å². The summed E-state index contributed by atoms with van der Waals surface area (Å²) in [5, 5.41) is 0. The van der Waals surface area contributed by atoms with Crippen LogP contribution in [0.3, 0.4) is 0 Å². The summed E-state index contributed by atoms with van der Waals surface area (Å²) >= 11 is 0. The molecule has 2 heteroatoms. The molecule has 0 unspecified atom stereocenters. The third-order valence-electron chi connectivity index (χ3n) is 5.97. The Morgan fingerprint density at radius 1 is 0.840 bits per heavy atom. The summed E-state index contributed by atoms with van der Waals surface area (Å²) < 4.78 is 0. The fraction of sp³-hybridized carbons (Fsp3) is 0.478. The van der Waals surface area contributed by atoms with Gasteiger partial charge in [-0.05, 0) is 55.3 Å². The first-order valence-electron chi connectivity index (χ1n) is 9.98. The van der Waals surface area contributed by atoms with Crippen molar-refractivity contribution in [2.45, 2.75) is 38.1 Å². The van der Waals surface area contributed by atoms with Crippen molar-refractivity contribution in [1.82, 2.24) is 9.80 Å². The first kappa shape index (κ1) is 16.8. The number of aryl methyl sites for hydroxylation is 2. The lowest BCUT2D eigenvalue weighted by atomic mass is 9.86. The molecule has 0 aromatic heterocycles. The van der Waals surface area contributed by atoms with Gasteiger partial charge in [-0.1, -0.05) is 54.6 Å². The van der Waals surface area contributed by atoms with Crippen molar-refractivity contribution in [1.29, 1.82) is 0 Å². The average molecular weight is 335 g/mol. The Bertz CT molecular complexity index is 659. The van der Waals surface area contributed by atoms with Crippen LogP contribution in [0, 0.1) is 0 Å². The number of hydrogen-bond donors (Lipinski definition) is 0. The highest BCUT2D eigenvalue weighted by molar-refractivity contribution is 5.32. The molecule has 0 radical (unpaired) electrons. The number of piperazine rings is 1. The van der Waals surface area contributed by atoms with Gasteiger partial charge in [0.15, 0.2) is 0 Å². The van der Waals surface area contributed by atoms with Gasteiger partial charge in [-0.2, -0.15) is 0 Å². The van der Waals surface area contributed by atoms with Crippen LogP contribution in [0.25, 0.3) is 0 Å². The van der Waals surface area contributed by atoms with E-state index in [1.807, 2.05) is 0 Å². The van der Waals surface area contributed by atoms with E-state index in [0.29, 0.717) is 6.04 Å². The largest absolute Gasteiger partial charge is 0.301 e. The summed E-state index contributed by atoms with van der Waals surface area (Å²) in [5.74, 6) is 0. The maximum Gasteiger partial charge on any atom is 0.0352 e. The van der Waals surface area contributed by atoms with Gasteiger partial charge in [0.05, 0.1) is 0 Å². The Morgan fingerprint density at radius 2 is 1.60 bits per heavy atom. The van der Waals surface area contributed by atoms with E-state index < -0.39 is 0 Å². The van der Waals surface area contributed by atoms with Crippen molar-refractivity contribution in [2.75, 3.05) is 32.7 Å². The molecule has 0 N–H and O–H groups in total. The lowest BCUT2D eigenvalue weighted by molar-refractivity contribution is 0.0875. The van der Waals surface area contributed by atoms with Crippen LogP contribution in [-0.2, 0) is 12.8 Å². The maximum absolute atomic E-state index is 2.74. The predicted molar refractivity (Wildman–Crippen MR) is 105 cm³/mol. The fourth-order valence-corrected chi connectivity index (χ4v) is 4.56. The van der Waals surface area contributed by atoms with Gasteiger partial charge in [-0.25, -0.2) is 0 Å². The van der Waals surface area contributed by atoms with Crippen LogP contribution >= 0.6 is 0 Å². The lowest BCUT2D eigenvalue weighted by Crippen LogP contribution is -2.48. The Balaban J connectivity index is 1.26. The zero-order valence-electron chi connectivity index (χ0n) is 15.2. The van der Waals surface area contributed by atoms with Gasteiger partial charge in [-0.3, -0.25) is 4.90 Å². The third kappa shape index (κ3) is 4.13. The van der Waals surface area contributed by atoms with Crippen molar-refractivity contribution >= 4 is 0 Å². The average Bonchev–Trinajstić information content (AvgIpc) is 2.69. The number of benzene rings is 2. The number of hydrogen-bond acceptors (Lipinski definition) is 2. The molecule has 1 aliphatic carbocycles. The normalized spacial score (nSPS) is 21.8. The van der Waals surface area contributed by atoms with Crippen molar-refractivity contribution in [3.8, 4) is 0 Å². The summed E-state index contributed by atoms with van der Waals surface area (Å²) in [6, 6.07) is 20.7. The van der Waals surface area contributed by atoms with Gasteiger partial charge in [0.2, 0.25) is 0 Å². The predicted octanol–water partition coefficient (Wildman–Crippen LogP) is 4.31. The van der Waals surface area contributed by atoms with E-state index in [-0.39, 0.29) is 0 Å². The van der Waals surface area contributed by atoms with Crippen LogP contribution < -0.4 is 0 Å². The standard InChI is InChI=1S/C23H30N2/c1-2-8-20(9-3-1)10-7-15-24-16-18-25(19-17-24)23-14-6-12-21-11-4-5-13-22(21)23/h1-5,8-9,11,13,23H,6-7,10,12,14-19H2/t23-/m1/s1. The van der Waals surface area contributed by atoms with Crippen LogP contribution in [0.15, 0.2) is 54.6 Å². The SMILES string of the molecule is c1ccc(CCCN2CCN([C@@H]3CCCc4ccccc43)CC2)cc1. The van der Waals surface area contributed by atoms with Crippen molar-refractivity contribution in [2.24, 2.45) is 0 Å². The zero-order valence-corrected chi connectivity index (χ0v) is 15.2. The minimum Gasteiger partial charge on any atom is -0.301 e. The second-order valence-electron chi connectivity index (χ2n) is 7.57. The summed E-state index contributed by atoms with van der Waals surface area (Å²) in [6.07, 6.45) is 6.43. The van der Waals surface area contributed by atoms with Crippen LogP contribution in [-0.4, -0.2) is 42.5 Å². The number of fused-ring (bicyclic) bond motifs is 1. The molecule has 1 fully saturated rings. The number of rotatable bonds is 5. The molecule has 2 nitrogen and oxygen atoms in total. The van der Waals surface area contributed by atoms with E-state index in [2.05, 4.69) is 64.4 Å². The molecule has 4 rings (SSSR count). The molecule has 1 heterocycles. The van der Waals surface area contributed by atoms with E-state index >= 15 is 0 Å². The van der Waals surface area contributed by atoms with E-state index in [0.717, 1.165) is 0 Å². The monoisotopic (exact) mass is 334 g/mol. The first-order valence-corrected chi connectivity index (χ1v) is 9.98. The number of nitrogens with zero attached hydrogens (tertiary/aromatic N) is 2.